The molecule has 0 amide bonds. The van der Waals surface area contributed by atoms with Crippen LogP contribution in [0.3, 0.4) is 0 Å². The number of hydrogen-bond acceptors (Lipinski definition) is 3. The van der Waals surface area contributed by atoms with E-state index in [1.54, 1.807) is 0 Å². The molecule has 0 aromatic rings. The predicted molar refractivity (Wildman–Crippen MR) is 54.5 cm³/mol. The van der Waals surface area contributed by atoms with Gasteiger partial charge >= 0.3 is 0 Å². The lowest BCUT2D eigenvalue weighted by atomic mass is 9.87. The molecule has 0 saturated carbocycles. The molecule has 4 heteroatoms. The molecule has 0 bridgehead atoms. The zero-order chi connectivity index (χ0) is 10.3. The molecule has 2 unspecified atom stereocenters. The standard InChI is InChI=1S/C9H19NO2S/c1-7-5-13(11,12)6-8(10-7)9(2,3)4/h7-8,10H,5-6H2,1-4H3. The maximum Gasteiger partial charge on any atom is 0.153 e. The summed E-state index contributed by atoms with van der Waals surface area (Å²) in [4.78, 5) is 0. The summed E-state index contributed by atoms with van der Waals surface area (Å²) in [6, 6.07) is 0.171. The fraction of sp³-hybridized carbons (Fsp3) is 1.00. The van der Waals surface area contributed by atoms with Gasteiger partial charge in [-0.25, -0.2) is 8.42 Å². The van der Waals surface area contributed by atoms with E-state index in [0.29, 0.717) is 0 Å². The first-order chi connectivity index (χ1) is 5.71. The van der Waals surface area contributed by atoms with Crippen molar-refractivity contribution in [1.82, 2.24) is 5.32 Å². The quantitative estimate of drug-likeness (QED) is 0.636. The normalized spacial score (nSPS) is 34.5. The first kappa shape index (κ1) is 11.0. The Bertz CT molecular complexity index is 276. The van der Waals surface area contributed by atoms with Crippen LogP contribution in [0.1, 0.15) is 27.7 Å². The van der Waals surface area contributed by atoms with Crippen LogP contribution in [0.5, 0.6) is 0 Å². The van der Waals surface area contributed by atoms with Gasteiger partial charge in [-0.1, -0.05) is 20.8 Å². The van der Waals surface area contributed by atoms with E-state index in [0.717, 1.165) is 0 Å². The van der Waals surface area contributed by atoms with Crippen molar-refractivity contribution in [3.8, 4) is 0 Å². The third-order valence-electron chi connectivity index (χ3n) is 2.46. The Morgan fingerprint density at radius 1 is 1.23 bits per heavy atom. The fourth-order valence-electron chi connectivity index (χ4n) is 1.64. The molecule has 1 aliphatic rings. The van der Waals surface area contributed by atoms with Gasteiger partial charge in [0.15, 0.2) is 9.84 Å². The number of sulfone groups is 1. The van der Waals surface area contributed by atoms with Crippen molar-refractivity contribution in [3.63, 3.8) is 0 Å². The van der Waals surface area contributed by atoms with Crippen LogP contribution in [0.25, 0.3) is 0 Å². The molecular formula is C9H19NO2S. The minimum Gasteiger partial charge on any atom is -0.309 e. The zero-order valence-electron chi connectivity index (χ0n) is 8.79. The van der Waals surface area contributed by atoms with Crippen molar-refractivity contribution in [2.24, 2.45) is 5.41 Å². The van der Waals surface area contributed by atoms with E-state index < -0.39 is 9.84 Å². The van der Waals surface area contributed by atoms with Crippen molar-refractivity contribution in [3.05, 3.63) is 0 Å². The van der Waals surface area contributed by atoms with Gasteiger partial charge in [0.2, 0.25) is 0 Å². The molecule has 13 heavy (non-hydrogen) atoms. The highest BCUT2D eigenvalue weighted by Crippen LogP contribution is 2.24. The van der Waals surface area contributed by atoms with E-state index in [2.05, 4.69) is 26.1 Å². The largest absolute Gasteiger partial charge is 0.309 e. The molecule has 1 aliphatic heterocycles. The molecule has 2 atom stereocenters. The van der Waals surface area contributed by atoms with Crippen LogP contribution in [0.2, 0.25) is 0 Å². The second kappa shape index (κ2) is 3.24. The highest BCUT2D eigenvalue weighted by molar-refractivity contribution is 7.91. The Balaban J connectivity index is 2.81. The molecule has 0 aromatic carbocycles. The SMILES string of the molecule is CC1CS(=O)(=O)CC(C(C)(C)C)N1. The Morgan fingerprint density at radius 2 is 1.77 bits per heavy atom. The lowest BCUT2D eigenvalue weighted by Gasteiger charge is -2.37. The summed E-state index contributed by atoms with van der Waals surface area (Å²) < 4.78 is 23.0. The van der Waals surface area contributed by atoms with Gasteiger partial charge in [-0.15, -0.1) is 0 Å². The van der Waals surface area contributed by atoms with Crippen molar-refractivity contribution in [1.29, 1.82) is 0 Å². The van der Waals surface area contributed by atoms with Crippen molar-refractivity contribution < 1.29 is 8.42 Å². The molecule has 0 aliphatic carbocycles. The molecule has 78 valence electrons. The number of nitrogens with one attached hydrogen (secondary N) is 1. The summed E-state index contributed by atoms with van der Waals surface area (Å²) >= 11 is 0. The zero-order valence-corrected chi connectivity index (χ0v) is 9.61. The van der Waals surface area contributed by atoms with Gasteiger partial charge in [0.05, 0.1) is 11.5 Å². The van der Waals surface area contributed by atoms with Crippen LogP contribution in [0.4, 0.5) is 0 Å². The molecule has 1 rings (SSSR count). The summed E-state index contributed by atoms with van der Waals surface area (Å²) in [6.45, 7) is 8.13. The van der Waals surface area contributed by atoms with Gasteiger partial charge in [0.1, 0.15) is 0 Å². The molecule has 1 heterocycles. The van der Waals surface area contributed by atoms with Gasteiger partial charge in [-0.05, 0) is 12.3 Å². The Kier molecular flexibility index (Phi) is 2.74. The van der Waals surface area contributed by atoms with Crippen LogP contribution in [0.15, 0.2) is 0 Å². The average Bonchev–Trinajstić information content (AvgIpc) is 1.79. The Labute approximate surface area is 80.8 Å². The Hall–Kier alpha value is -0.0900. The second-order valence-electron chi connectivity index (χ2n) is 5.06. The van der Waals surface area contributed by atoms with E-state index in [9.17, 15) is 8.42 Å². The van der Waals surface area contributed by atoms with Crippen LogP contribution < -0.4 is 5.32 Å². The summed E-state index contributed by atoms with van der Waals surface area (Å²) in [5.74, 6) is 0.556. The fourth-order valence-corrected chi connectivity index (χ4v) is 3.74. The highest BCUT2D eigenvalue weighted by atomic mass is 32.2. The van der Waals surface area contributed by atoms with Gasteiger partial charge in [-0.3, -0.25) is 0 Å². The molecule has 0 spiro atoms. The van der Waals surface area contributed by atoms with E-state index in [1.165, 1.54) is 0 Å². The van der Waals surface area contributed by atoms with E-state index >= 15 is 0 Å². The van der Waals surface area contributed by atoms with Gasteiger partial charge < -0.3 is 5.32 Å². The first-order valence-electron chi connectivity index (χ1n) is 4.67. The monoisotopic (exact) mass is 205 g/mol. The molecule has 1 N–H and O–H groups in total. The lowest BCUT2D eigenvalue weighted by Crippen LogP contribution is -2.55. The van der Waals surface area contributed by atoms with E-state index in [-0.39, 0.29) is 29.0 Å². The van der Waals surface area contributed by atoms with Crippen molar-refractivity contribution >= 4 is 9.84 Å². The van der Waals surface area contributed by atoms with Gasteiger partial charge in [0, 0.05) is 12.1 Å². The van der Waals surface area contributed by atoms with Crippen molar-refractivity contribution in [2.45, 2.75) is 39.8 Å². The van der Waals surface area contributed by atoms with E-state index in [4.69, 9.17) is 0 Å². The van der Waals surface area contributed by atoms with E-state index in [1.807, 2.05) is 6.92 Å². The molecule has 1 fully saturated rings. The summed E-state index contributed by atoms with van der Waals surface area (Å²) in [7, 11) is -2.83. The number of rotatable bonds is 0. The second-order valence-corrected chi connectivity index (χ2v) is 7.22. The van der Waals surface area contributed by atoms with Crippen LogP contribution in [-0.2, 0) is 9.84 Å². The molecule has 3 nitrogen and oxygen atoms in total. The molecule has 0 radical (unpaired) electrons. The maximum absolute atomic E-state index is 11.5. The summed E-state index contributed by atoms with van der Waals surface area (Å²) in [6.07, 6.45) is 0. The molecular weight excluding hydrogens is 186 g/mol. The smallest absolute Gasteiger partial charge is 0.153 e. The van der Waals surface area contributed by atoms with Crippen molar-refractivity contribution in [2.75, 3.05) is 11.5 Å². The van der Waals surface area contributed by atoms with Crippen LogP contribution in [-0.4, -0.2) is 32.0 Å². The predicted octanol–water partition coefficient (Wildman–Crippen LogP) is 0.808. The maximum atomic E-state index is 11.5. The average molecular weight is 205 g/mol. The van der Waals surface area contributed by atoms with Gasteiger partial charge in [0.25, 0.3) is 0 Å². The third-order valence-corrected chi connectivity index (χ3v) is 4.30. The summed E-state index contributed by atoms with van der Waals surface area (Å²) in [5, 5.41) is 3.33. The van der Waals surface area contributed by atoms with Crippen LogP contribution >= 0.6 is 0 Å². The Morgan fingerprint density at radius 3 is 2.15 bits per heavy atom. The van der Waals surface area contributed by atoms with Gasteiger partial charge in [-0.2, -0.15) is 0 Å². The minimum atomic E-state index is -2.83. The lowest BCUT2D eigenvalue weighted by molar-refractivity contribution is 0.265. The van der Waals surface area contributed by atoms with Crippen LogP contribution in [0, 0.1) is 5.41 Å². The molecule has 1 saturated heterocycles. The summed E-state index contributed by atoms with van der Waals surface area (Å²) in [5.41, 5.74) is 0.0156. The molecule has 0 aromatic heterocycles. The topological polar surface area (TPSA) is 46.2 Å². The number of hydrogen-bond donors (Lipinski definition) is 1. The third kappa shape index (κ3) is 2.95. The minimum absolute atomic E-state index is 0.0156. The highest BCUT2D eigenvalue weighted by Gasteiger charge is 2.35. The first-order valence-corrected chi connectivity index (χ1v) is 6.49.